The summed E-state index contributed by atoms with van der Waals surface area (Å²) in [7, 11) is 0. The molecule has 0 spiro atoms. The van der Waals surface area contributed by atoms with Crippen LogP contribution in [-0.4, -0.2) is 104 Å². The first kappa shape index (κ1) is 45.5. The molecular weight excluding hydrogens is 548 g/mol. The molecular formula is C19H40N8O13. The standard InChI is InChI=1S/3C5H10N2O3.2C2H5NO2/c3*6-3(5(9)10)1-2-4(7)8;2*3-1-2(4)5/h3*3H,1-2,6H2,(H2,7,8)(H,9,10);2*1,3H2,(H,4,5)/t3*3-;;/m000../s1. The minimum absolute atomic E-state index is 0.0213. The van der Waals surface area contributed by atoms with Gasteiger partial charge in [0.1, 0.15) is 18.1 Å². The van der Waals surface area contributed by atoms with Gasteiger partial charge in [-0.25, -0.2) is 0 Å². The largest absolute Gasteiger partial charge is 0.480 e. The Morgan fingerprint density at radius 3 is 0.675 bits per heavy atom. The predicted molar refractivity (Wildman–Crippen MR) is 135 cm³/mol. The Morgan fingerprint density at radius 1 is 0.450 bits per heavy atom. The van der Waals surface area contributed by atoms with Crippen molar-refractivity contribution in [3.05, 3.63) is 0 Å². The lowest BCUT2D eigenvalue weighted by Crippen LogP contribution is -2.31. The molecule has 40 heavy (non-hydrogen) atoms. The van der Waals surface area contributed by atoms with Gasteiger partial charge < -0.3 is 71.4 Å². The first-order chi connectivity index (χ1) is 18.1. The van der Waals surface area contributed by atoms with Crippen molar-refractivity contribution >= 4 is 47.6 Å². The zero-order chi connectivity index (χ0) is 33.0. The number of carbonyl (C=O) groups excluding carboxylic acids is 3. The van der Waals surface area contributed by atoms with Crippen LogP contribution in [-0.2, 0) is 38.4 Å². The maximum absolute atomic E-state index is 10.1. The van der Waals surface area contributed by atoms with E-state index in [1.165, 1.54) is 0 Å². The molecule has 21 N–H and O–H groups in total. The molecule has 3 atom stereocenters. The summed E-state index contributed by atoms with van der Waals surface area (Å²) in [6.45, 7) is -0.556. The van der Waals surface area contributed by atoms with Gasteiger partial charge in [-0.15, -0.1) is 0 Å². The van der Waals surface area contributed by atoms with Gasteiger partial charge in [0.05, 0.1) is 13.1 Å². The van der Waals surface area contributed by atoms with Crippen molar-refractivity contribution in [1.82, 2.24) is 0 Å². The average molecular weight is 589 g/mol. The molecule has 0 aromatic carbocycles. The number of primary amides is 3. The fourth-order valence-corrected chi connectivity index (χ4v) is 1.26. The molecule has 0 radical (unpaired) electrons. The summed E-state index contributed by atoms with van der Waals surface area (Å²) < 4.78 is 0. The van der Waals surface area contributed by atoms with Crippen molar-refractivity contribution < 1.29 is 63.9 Å². The zero-order valence-electron chi connectivity index (χ0n) is 21.5. The van der Waals surface area contributed by atoms with Crippen LogP contribution in [0.3, 0.4) is 0 Å². The fourth-order valence-electron chi connectivity index (χ4n) is 1.26. The van der Waals surface area contributed by atoms with E-state index in [0.29, 0.717) is 0 Å². The Bertz CT molecular complexity index is 716. The molecule has 3 amide bonds. The van der Waals surface area contributed by atoms with Gasteiger partial charge >= 0.3 is 29.8 Å². The molecule has 0 heterocycles. The van der Waals surface area contributed by atoms with E-state index in [9.17, 15) is 38.4 Å². The second-order valence-electron chi connectivity index (χ2n) is 7.04. The Hall–Kier alpha value is -4.44. The maximum Gasteiger partial charge on any atom is 0.320 e. The van der Waals surface area contributed by atoms with Crippen molar-refractivity contribution in [3.63, 3.8) is 0 Å². The van der Waals surface area contributed by atoms with Crippen LogP contribution in [0.4, 0.5) is 0 Å². The lowest BCUT2D eigenvalue weighted by molar-refractivity contribution is -0.139. The molecule has 21 nitrogen and oxygen atoms in total. The van der Waals surface area contributed by atoms with Crippen LogP contribution >= 0.6 is 0 Å². The van der Waals surface area contributed by atoms with Gasteiger partial charge in [0.25, 0.3) is 0 Å². The number of amides is 3. The van der Waals surface area contributed by atoms with Gasteiger partial charge in [-0.2, -0.15) is 0 Å². The van der Waals surface area contributed by atoms with Crippen LogP contribution in [0.1, 0.15) is 38.5 Å². The van der Waals surface area contributed by atoms with Crippen molar-refractivity contribution in [2.75, 3.05) is 13.1 Å². The van der Waals surface area contributed by atoms with Crippen LogP contribution in [0.25, 0.3) is 0 Å². The first-order valence-electron chi connectivity index (χ1n) is 10.8. The van der Waals surface area contributed by atoms with Gasteiger partial charge in [-0.1, -0.05) is 0 Å². The molecule has 0 aromatic heterocycles. The summed E-state index contributed by atoms with van der Waals surface area (Å²) in [5.74, 6) is -6.86. The van der Waals surface area contributed by atoms with Crippen LogP contribution in [0.2, 0.25) is 0 Å². The van der Waals surface area contributed by atoms with E-state index >= 15 is 0 Å². The van der Waals surface area contributed by atoms with Crippen LogP contribution in [0.15, 0.2) is 0 Å². The number of carbonyl (C=O) groups is 8. The van der Waals surface area contributed by atoms with Crippen LogP contribution < -0.4 is 45.9 Å². The van der Waals surface area contributed by atoms with Gasteiger partial charge in [0.2, 0.25) is 17.7 Å². The number of hydrogen-bond acceptors (Lipinski definition) is 13. The molecule has 234 valence electrons. The van der Waals surface area contributed by atoms with Gasteiger partial charge in [-0.3, -0.25) is 38.4 Å². The van der Waals surface area contributed by atoms with E-state index in [-0.39, 0.29) is 51.6 Å². The summed E-state index contributed by atoms with van der Waals surface area (Å²) in [5.41, 5.74) is 38.6. The average Bonchev–Trinajstić information content (AvgIpc) is 2.85. The highest BCUT2D eigenvalue weighted by Crippen LogP contribution is 1.93. The summed E-state index contributed by atoms with van der Waals surface area (Å²) in [6, 6.07) is -2.94. The highest BCUT2D eigenvalue weighted by Gasteiger charge is 2.12. The van der Waals surface area contributed by atoms with Crippen LogP contribution in [0.5, 0.6) is 0 Å². The lowest BCUT2D eigenvalue weighted by Gasteiger charge is -2.01. The summed E-state index contributed by atoms with van der Waals surface area (Å²) in [5, 5.41) is 39.8. The second-order valence-corrected chi connectivity index (χ2v) is 7.04. The molecule has 0 aromatic rings. The number of rotatable bonds is 14. The third kappa shape index (κ3) is 50.4. The van der Waals surface area contributed by atoms with E-state index in [4.69, 9.17) is 59.9 Å². The highest BCUT2D eigenvalue weighted by atomic mass is 16.4. The maximum atomic E-state index is 10.1. The molecule has 0 rings (SSSR count). The number of aliphatic carboxylic acids is 5. The van der Waals surface area contributed by atoms with Gasteiger partial charge in [-0.05, 0) is 19.3 Å². The first-order valence-corrected chi connectivity index (χ1v) is 10.8. The zero-order valence-corrected chi connectivity index (χ0v) is 21.5. The molecule has 0 aliphatic rings. The van der Waals surface area contributed by atoms with Crippen molar-refractivity contribution in [2.24, 2.45) is 45.9 Å². The van der Waals surface area contributed by atoms with Crippen molar-refractivity contribution in [2.45, 2.75) is 56.7 Å². The molecule has 0 fully saturated rings. The molecule has 0 aliphatic carbocycles. The van der Waals surface area contributed by atoms with Gasteiger partial charge in [0.15, 0.2) is 0 Å². The fraction of sp³-hybridized carbons (Fsp3) is 0.579. The van der Waals surface area contributed by atoms with Crippen molar-refractivity contribution in [1.29, 1.82) is 0 Å². The van der Waals surface area contributed by atoms with E-state index in [1.807, 2.05) is 0 Å². The molecule has 0 saturated heterocycles. The molecule has 0 saturated carbocycles. The number of nitrogens with two attached hydrogens (primary N) is 8. The third-order valence-corrected chi connectivity index (χ3v) is 3.41. The topological polar surface area (TPSA) is 446 Å². The quantitative estimate of drug-likeness (QED) is 0.0897. The number of hydrogen-bond donors (Lipinski definition) is 13. The normalized spacial score (nSPS) is 11.2. The van der Waals surface area contributed by atoms with E-state index in [0.717, 1.165) is 0 Å². The second kappa shape index (κ2) is 29.1. The van der Waals surface area contributed by atoms with Crippen molar-refractivity contribution in [3.8, 4) is 0 Å². The lowest BCUT2D eigenvalue weighted by atomic mass is 10.2. The minimum Gasteiger partial charge on any atom is -0.480 e. The molecule has 0 bridgehead atoms. The highest BCUT2D eigenvalue weighted by molar-refractivity contribution is 5.78. The molecule has 0 aliphatic heterocycles. The predicted octanol–water partition coefficient (Wildman–Crippen LogP) is -5.95. The van der Waals surface area contributed by atoms with E-state index in [2.05, 4.69) is 11.5 Å². The van der Waals surface area contributed by atoms with E-state index < -0.39 is 65.7 Å². The third-order valence-electron chi connectivity index (χ3n) is 3.41. The summed E-state index contributed by atoms with van der Waals surface area (Å²) in [6.07, 6.45) is 0.369. The van der Waals surface area contributed by atoms with E-state index in [1.54, 1.807) is 0 Å². The summed E-state index contributed by atoms with van der Waals surface area (Å²) >= 11 is 0. The Kier molecular flexibility index (Phi) is 33.1. The SMILES string of the molecule is NC(=O)CC[C@H](N)C(=O)O.NC(=O)CC[C@H](N)C(=O)O.NC(=O)CC[C@H](N)C(=O)O.NCC(=O)O.NCC(=O)O. The smallest absolute Gasteiger partial charge is 0.320 e. The molecule has 0 unspecified atom stereocenters. The Labute approximate surface area is 227 Å². The molecule has 21 heteroatoms. The monoisotopic (exact) mass is 588 g/mol. The summed E-state index contributed by atoms with van der Waals surface area (Å²) in [4.78, 5) is 78.9. The Morgan fingerprint density at radius 2 is 0.600 bits per heavy atom. The number of carboxylic acid groups (broad SMARTS) is 5. The van der Waals surface area contributed by atoms with Crippen LogP contribution in [0, 0.1) is 0 Å². The number of carboxylic acids is 5. The van der Waals surface area contributed by atoms with Gasteiger partial charge in [0, 0.05) is 19.3 Å². The Balaban J connectivity index is -0.000000132. The minimum atomic E-state index is -1.11.